The topological polar surface area (TPSA) is 104 Å². The van der Waals surface area contributed by atoms with Crippen LogP contribution in [0.4, 0.5) is 33.1 Å². The van der Waals surface area contributed by atoms with Crippen LogP contribution >= 0.6 is 0 Å². The molecular formula is C26H28FN5O4S. The first-order chi connectivity index (χ1) is 17.7. The SMILES string of the molecule is CC1C(=O)N(C)c2ccc(Nc3cccc(S(=O)(=O)NC4CCOCC4)c3)nc2N1c1ccc(F)cc1. The molecule has 1 saturated heterocycles. The van der Waals surface area contributed by atoms with E-state index >= 15 is 0 Å². The molecule has 1 unspecified atom stereocenters. The van der Waals surface area contributed by atoms with Crippen LogP contribution in [0, 0.1) is 5.82 Å². The van der Waals surface area contributed by atoms with Crippen molar-refractivity contribution in [3.63, 3.8) is 0 Å². The second kappa shape index (κ2) is 10.1. The molecule has 11 heteroatoms. The van der Waals surface area contributed by atoms with Gasteiger partial charge in [-0.2, -0.15) is 0 Å². The highest BCUT2D eigenvalue weighted by atomic mass is 32.2. The van der Waals surface area contributed by atoms with Gasteiger partial charge in [0.2, 0.25) is 15.9 Å². The third-order valence-electron chi connectivity index (χ3n) is 6.58. The van der Waals surface area contributed by atoms with Gasteiger partial charge in [0.15, 0.2) is 5.82 Å². The summed E-state index contributed by atoms with van der Waals surface area (Å²) in [6.07, 6.45) is 1.27. The zero-order valence-electron chi connectivity index (χ0n) is 20.5. The lowest BCUT2D eigenvalue weighted by Crippen LogP contribution is -2.49. The average molecular weight is 526 g/mol. The highest BCUT2D eigenvalue weighted by molar-refractivity contribution is 7.89. The number of anilines is 5. The van der Waals surface area contributed by atoms with Crippen LogP contribution in [0.15, 0.2) is 65.6 Å². The molecule has 194 valence electrons. The molecule has 3 aromatic rings. The molecule has 0 saturated carbocycles. The fourth-order valence-electron chi connectivity index (χ4n) is 4.58. The smallest absolute Gasteiger partial charge is 0.249 e. The van der Waals surface area contributed by atoms with Crippen LogP contribution in [-0.2, 0) is 19.6 Å². The molecule has 3 heterocycles. The Balaban J connectivity index is 1.44. The zero-order valence-corrected chi connectivity index (χ0v) is 21.3. The average Bonchev–Trinajstić information content (AvgIpc) is 2.89. The summed E-state index contributed by atoms with van der Waals surface area (Å²) in [4.78, 5) is 21.1. The second-order valence-corrected chi connectivity index (χ2v) is 10.8. The highest BCUT2D eigenvalue weighted by Crippen LogP contribution is 2.40. The number of pyridine rings is 1. The third kappa shape index (κ3) is 5.15. The van der Waals surface area contributed by atoms with Crippen molar-refractivity contribution in [2.24, 2.45) is 0 Å². The van der Waals surface area contributed by atoms with Crippen LogP contribution in [0.25, 0.3) is 0 Å². The van der Waals surface area contributed by atoms with Gasteiger partial charge in [-0.1, -0.05) is 6.07 Å². The van der Waals surface area contributed by atoms with E-state index in [1.165, 1.54) is 12.1 Å². The molecule has 1 amide bonds. The van der Waals surface area contributed by atoms with Crippen LogP contribution in [0.2, 0.25) is 0 Å². The van der Waals surface area contributed by atoms with Crippen molar-refractivity contribution in [2.75, 3.05) is 35.4 Å². The molecule has 2 N–H and O–H groups in total. The van der Waals surface area contributed by atoms with Crippen LogP contribution in [0.1, 0.15) is 19.8 Å². The van der Waals surface area contributed by atoms with Gasteiger partial charge >= 0.3 is 0 Å². The molecule has 5 rings (SSSR count). The number of sulfonamides is 1. The number of carbonyl (C=O) groups excluding carboxylic acids is 1. The van der Waals surface area contributed by atoms with Gasteiger partial charge in [0, 0.05) is 37.7 Å². The number of fused-ring (bicyclic) bond motifs is 1. The number of nitrogens with one attached hydrogen (secondary N) is 2. The van der Waals surface area contributed by atoms with Crippen molar-refractivity contribution in [3.8, 4) is 0 Å². The van der Waals surface area contributed by atoms with Crippen LogP contribution < -0.4 is 19.8 Å². The van der Waals surface area contributed by atoms with Gasteiger partial charge in [-0.25, -0.2) is 22.5 Å². The first-order valence-corrected chi connectivity index (χ1v) is 13.5. The van der Waals surface area contributed by atoms with Gasteiger partial charge in [0.05, 0.1) is 10.6 Å². The van der Waals surface area contributed by atoms with E-state index in [0.717, 1.165) is 0 Å². The number of halogens is 1. The Bertz CT molecular complexity index is 1410. The minimum atomic E-state index is -3.71. The molecule has 0 spiro atoms. The summed E-state index contributed by atoms with van der Waals surface area (Å²) >= 11 is 0. The lowest BCUT2D eigenvalue weighted by molar-refractivity contribution is -0.119. The molecule has 37 heavy (non-hydrogen) atoms. The maximum atomic E-state index is 13.6. The number of nitrogens with zero attached hydrogens (tertiary/aromatic N) is 3. The van der Waals surface area contributed by atoms with Crippen molar-refractivity contribution in [3.05, 3.63) is 66.5 Å². The third-order valence-corrected chi connectivity index (χ3v) is 8.10. The summed E-state index contributed by atoms with van der Waals surface area (Å²) in [6, 6.07) is 15.2. The van der Waals surface area contributed by atoms with E-state index < -0.39 is 16.1 Å². The van der Waals surface area contributed by atoms with E-state index in [4.69, 9.17) is 9.72 Å². The number of ether oxygens (including phenoxy) is 1. The van der Waals surface area contributed by atoms with Crippen molar-refractivity contribution in [1.29, 1.82) is 0 Å². The van der Waals surface area contributed by atoms with Gasteiger partial charge in [0.1, 0.15) is 17.7 Å². The summed E-state index contributed by atoms with van der Waals surface area (Å²) in [7, 11) is -2.02. The standard InChI is InChI=1S/C26H28FN5O4S/c1-17-26(33)31(2)23-10-11-24(29-25(23)32(17)21-8-6-18(27)7-9-21)28-20-4-3-5-22(16-20)37(34,35)30-19-12-14-36-15-13-19/h3-11,16-17,19,30H,12-15H2,1-2H3,(H,28,29). The van der Waals surface area contributed by atoms with E-state index in [0.29, 0.717) is 54.8 Å². The summed E-state index contributed by atoms with van der Waals surface area (Å²) in [5.41, 5.74) is 1.78. The molecule has 1 atom stereocenters. The summed E-state index contributed by atoms with van der Waals surface area (Å²) in [5, 5.41) is 3.18. The number of aromatic nitrogens is 1. The van der Waals surface area contributed by atoms with Crippen LogP contribution in [0.3, 0.4) is 0 Å². The van der Waals surface area contributed by atoms with Crippen LogP contribution in [-0.4, -0.2) is 51.7 Å². The Labute approximate surface area is 215 Å². The molecule has 2 aliphatic rings. The molecule has 2 aromatic carbocycles. The lowest BCUT2D eigenvalue weighted by Gasteiger charge is -2.39. The Kier molecular flexibility index (Phi) is 6.84. The van der Waals surface area contributed by atoms with E-state index in [-0.39, 0.29) is 22.7 Å². The van der Waals surface area contributed by atoms with Gasteiger partial charge in [0.25, 0.3) is 0 Å². The number of benzene rings is 2. The Hall–Kier alpha value is -3.54. The number of carbonyl (C=O) groups is 1. The maximum absolute atomic E-state index is 13.6. The Morgan fingerprint density at radius 2 is 1.78 bits per heavy atom. The number of hydrogen-bond donors (Lipinski definition) is 2. The van der Waals surface area contributed by atoms with Gasteiger partial charge in [-0.3, -0.25) is 4.79 Å². The molecule has 1 aromatic heterocycles. The number of rotatable bonds is 6. The predicted octanol–water partition coefficient (Wildman–Crippen LogP) is 3.92. The van der Waals surface area contributed by atoms with Gasteiger partial charge in [-0.15, -0.1) is 0 Å². The minimum absolute atomic E-state index is 0.116. The zero-order chi connectivity index (χ0) is 26.2. The maximum Gasteiger partial charge on any atom is 0.249 e. The van der Waals surface area contributed by atoms with Crippen molar-refractivity contribution in [1.82, 2.24) is 9.71 Å². The molecule has 0 radical (unpaired) electrons. The molecule has 9 nitrogen and oxygen atoms in total. The molecule has 1 fully saturated rings. The molecule has 2 aliphatic heterocycles. The van der Waals surface area contributed by atoms with E-state index in [9.17, 15) is 17.6 Å². The lowest BCUT2D eigenvalue weighted by atomic mass is 10.1. The summed E-state index contributed by atoms with van der Waals surface area (Å²) in [5.74, 6) is 0.500. The van der Waals surface area contributed by atoms with E-state index in [1.807, 2.05) is 0 Å². The fourth-order valence-corrected chi connectivity index (χ4v) is 5.93. The number of hydrogen-bond acceptors (Lipinski definition) is 7. The normalized spacial score (nSPS) is 18.6. The molecule has 0 aliphatic carbocycles. The molecule has 0 bridgehead atoms. The number of likely N-dealkylation sites (N-methyl/N-ethyl adjacent to an activating group) is 1. The fraction of sp³-hybridized carbons (Fsp3) is 0.308. The Morgan fingerprint density at radius 3 is 2.51 bits per heavy atom. The monoisotopic (exact) mass is 525 g/mol. The second-order valence-electron chi connectivity index (χ2n) is 9.12. The summed E-state index contributed by atoms with van der Waals surface area (Å²) in [6.45, 7) is 2.84. The quantitative estimate of drug-likeness (QED) is 0.503. The largest absolute Gasteiger partial charge is 0.381 e. The first kappa shape index (κ1) is 25.1. The highest BCUT2D eigenvalue weighted by Gasteiger charge is 2.36. The van der Waals surface area contributed by atoms with Crippen molar-refractivity contribution < 1.29 is 22.3 Å². The van der Waals surface area contributed by atoms with Crippen molar-refractivity contribution >= 4 is 44.6 Å². The minimum Gasteiger partial charge on any atom is -0.381 e. The van der Waals surface area contributed by atoms with E-state index in [1.54, 1.807) is 72.3 Å². The predicted molar refractivity (Wildman–Crippen MR) is 140 cm³/mol. The summed E-state index contributed by atoms with van der Waals surface area (Å²) < 4.78 is 47.6. The van der Waals surface area contributed by atoms with Crippen LogP contribution in [0.5, 0.6) is 0 Å². The molecular weight excluding hydrogens is 497 g/mol. The number of amides is 1. The van der Waals surface area contributed by atoms with Crippen molar-refractivity contribution in [2.45, 2.75) is 36.7 Å². The Morgan fingerprint density at radius 1 is 1.05 bits per heavy atom. The first-order valence-electron chi connectivity index (χ1n) is 12.0. The van der Waals surface area contributed by atoms with Gasteiger partial charge < -0.3 is 19.9 Å². The van der Waals surface area contributed by atoms with E-state index in [2.05, 4.69) is 10.0 Å². The van der Waals surface area contributed by atoms with Gasteiger partial charge in [-0.05, 0) is 74.4 Å².